The van der Waals surface area contributed by atoms with Crippen LogP contribution in [0.15, 0.2) is 48.5 Å². The Hall–Kier alpha value is -3.39. The third-order valence-electron chi connectivity index (χ3n) is 6.57. The molecule has 0 aromatic heterocycles. The van der Waals surface area contributed by atoms with Crippen molar-refractivity contribution < 1.29 is 29.0 Å². The van der Waals surface area contributed by atoms with Crippen LogP contribution < -0.4 is 5.32 Å². The minimum Gasteiger partial charge on any atom is -0.481 e. The number of amides is 2. The predicted molar refractivity (Wildman–Crippen MR) is 125 cm³/mol. The summed E-state index contributed by atoms with van der Waals surface area (Å²) in [5.41, 5.74) is 4.37. The second kappa shape index (κ2) is 10.7. The van der Waals surface area contributed by atoms with E-state index in [-0.39, 0.29) is 18.6 Å². The monoisotopic (exact) mass is 466 g/mol. The number of fused-ring (bicyclic) bond motifs is 3. The fraction of sp³-hybridized carbons (Fsp3) is 0.423. The first-order valence-electron chi connectivity index (χ1n) is 11.7. The Balaban J connectivity index is 1.43. The number of hydrogen-bond acceptors (Lipinski definition) is 5. The van der Waals surface area contributed by atoms with Crippen molar-refractivity contribution in [3.05, 3.63) is 59.7 Å². The SMILES string of the molecule is CCN(C(=O)C(CC(=O)O)NC(=O)OCC1c2ccccc2-c2ccccc21)C1CCOCC1. The highest BCUT2D eigenvalue weighted by Gasteiger charge is 2.33. The number of aliphatic carboxylic acids is 1. The van der Waals surface area contributed by atoms with Crippen molar-refractivity contribution in [2.45, 2.75) is 44.2 Å². The molecular weight excluding hydrogens is 436 g/mol. The summed E-state index contributed by atoms with van der Waals surface area (Å²) in [7, 11) is 0. The van der Waals surface area contributed by atoms with Crippen LogP contribution in [-0.2, 0) is 19.1 Å². The van der Waals surface area contributed by atoms with Crippen LogP contribution in [0.25, 0.3) is 11.1 Å². The highest BCUT2D eigenvalue weighted by atomic mass is 16.5. The van der Waals surface area contributed by atoms with Gasteiger partial charge in [-0.05, 0) is 42.0 Å². The van der Waals surface area contributed by atoms with E-state index in [1.165, 1.54) is 0 Å². The fourth-order valence-electron chi connectivity index (χ4n) is 4.95. The number of nitrogens with zero attached hydrogens (tertiary/aromatic N) is 1. The summed E-state index contributed by atoms with van der Waals surface area (Å²) in [5.74, 6) is -1.70. The van der Waals surface area contributed by atoms with E-state index >= 15 is 0 Å². The maximum atomic E-state index is 13.2. The molecular formula is C26H30N2O6. The predicted octanol–water partition coefficient (Wildman–Crippen LogP) is 3.40. The number of carbonyl (C=O) groups is 3. The molecule has 2 amide bonds. The van der Waals surface area contributed by atoms with E-state index in [9.17, 15) is 19.5 Å². The molecule has 2 aliphatic rings. The fourth-order valence-corrected chi connectivity index (χ4v) is 4.95. The van der Waals surface area contributed by atoms with Gasteiger partial charge in [-0.15, -0.1) is 0 Å². The first-order chi connectivity index (χ1) is 16.5. The molecule has 34 heavy (non-hydrogen) atoms. The minimum absolute atomic E-state index is 0.0353. The van der Waals surface area contributed by atoms with E-state index in [2.05, 4.69) is 5.32 Å². The maximum Gasteiger partial charge on any atom is 0.407 e. The largest absolute Gasteiger partial charge is 0.481 e. The number of hydrogen-bond donors (Lipinski definition) is 2. The van der Waals surface area contributed by atoms with Gasteiger partial charge in [0.2, 0.25) is 5.91 Å². The first kappa shape index (κ1) is 23.8. The van der Waals surface area contributed by atoms with Crippen LogP contribution in [-0.4, -0.2) is 66.4 Å². The van der Waals surface area contributed by atoms with Crippen molar-refractivity contribution in [3.63, 3.8) is 0 Å². The van der Waals surface area contributed by atoms with Crippen molar-refractivity contribution in [2.24, 2.45) is 0 Å². The van der Waals surface area contributed by atoms with Gasteiger partial charge in [0.15, 0.2) is 0 Å². The molecule has 1 heterocycles. The third-order valence-corrected chi connectivity index (χ3v) is 6.57. The second-order valence-electron chi connectivity index (χ2n) is 8.59. The quantitative estimate of drug-likeness (QED) is 0.618. The Morgan fingerprint density at radius 3 is 2.21 bits per heavy atom. The van der Waals surface area contributed by atoms with E-state index in [1.54, 1.807) is 4.90 Å². The summed E-state index contributed by atoms with van der Waals surface area (Å²) in [6, 6.07) is 14.8. The standard InChI is InChI=1S/C26H30N2O6/c1-2-28(17-11-13-33-14-12-17)25(31)23(15-24(29)30)27-26(32)34-16-22-20-9-5-3-7-18(20)19-8-4-6-10-21(19)22/h3-10,17,22-23H,2,11-16H2,1H3,(H,27,32)(H,29,30). The molecule has 8 heteroatoms. The highest BCUT2D eigenvalue weighted by molar-refractivity contribution is 5.89. The second-order valence-corrected chi connectivity index (χ2v) is 8.59. The van der Waals surface area contributed by atoms with E-state index < -0.39 is 30.4 Å². The highest BCUT2D eigenvalue weighted by Crippen LogP contribution is 2.44. The van der Waals surface area contributed by atoms with Gasteiger partial charge in [-0.1, -0.05) is 48.5 Å². The number of rotatable bonds is 8. The lowest BCUT2D eigenvalue weighted by molar-refractivity contribution is -0.144. The molecule has 0 saturated carbocycles. The van der Waals surface area contributed by atoms with E-state index in [4.69, 9.17) is 9.47 Å². The Labute approximate surface area is 198 Å². The average molecular weight is 467 g/mol. The molecule has 0 radical (unpaired) electrons. The lowest BCUT2D eigenvalue weighted by atomic mass is 9.98. The van der Waals surface area contributed by atoms with E-state index in [1.807, 2.05) is 55.5 Å². The zero-order valence-electron chi connectivity index (χ0n) is 19.2. The van der Waals surface area contributed by atoms with Gasteiger partial charge in [0.05, 0.1) is 6.42 Å². The Morgan fingerprint density at radius 1 is 1.06 bits per heavy atom. The molecule has 1 saturated heterocycles. The van der Waals surface area contributed by atoms with Crippen molar-refractivity contribution in [1.29, 1.82) is 0 Å². The normalized spacial score (nSPS) is 16.3. The number of carboxylic acids is 1. The topological polar surface area (TPSA) is 105 Å². The van der Waals surface area contributed by atoms with Crippen molar-refractivity contribution in [3.8, 4) is 11.1 Å². The van der Waals surface area contributed by atoms with Crippen molar-refractivity contribution >= 4 is 18.0 Å². The Kier molecular flexibility index (Phi) is 7.47. The van der Waals surface area contributed by atoms with Gasteiger partial charge in [-0.25, -0.2) is 4.79 Å². The van der Waals surface area contributed by atoms with Gasteiger partial charge in [-0.2, -0.15) is 0 Å². The molecule has 0 bridgehead atoms. The maximum absolute atomic E-state index is 13.2. The van der Waals surface area contributed by atoms with Gasteiger partial charge in [0, 0.05) is 31.7 Å². The summed E-state index contributed by atoms with van der Waals surface area (Å²) in [4.78, 5) is 39.0. The molecule has 2 N–H and O–H groups in total. The van der Waals surface area contributed by atoms with Gasteiger partial charge < -0.3 is 24.8 Å². The molecule has 180 valence electrons. The number of carboxylic acid groups (broad SMARTS) is 1. The number of ether oxygens (including phenoxy) is 2. The summed E-state index contributed by atoms with van der Waals surface area (Å²) in [5, 5.41) is 11.9. The zero-order valence-corrected chi connectivity index (χ0v) is 19.2. The third kappa shape index (κ3) is 5.07. The van der Waals surface area contributed by atoms with E-state index in [0.29, 0.717) is 32.6 Å². The van der Waals surface area contributed by atoms with Crippen LogP contribution in [0, 0.1) is 0 Å². The number of carbonyl (C=O) groups excluding carboxylic acids is 2. The van der Waals surface area contributed by atoms with Crippen LogP contribution in [0.1, 0.15) is 43.2 Å². The van der Waals surface area contributed by atoms with Gasteiger partial charge >= 0.3 is 12.1 Å². The smallest absolute Gasteiger partial charge is 0.407 e. The van der Waals surface area contributed by atoms with Crippen LogP contribution >= 0.6 is 0 Å². The van der Waals surface area contributed by atoms with E-state index in [0.717, 1.165) is 22.3 Å². The summed E-state index contributed by atoms with van der Waals surface area (Å²) >= 11 is 0. The van der Waals surface area contributed by atoms with Crippen molar-refractivity contribution in [1.82, 2.24) is 10.2 Å². The minimum atomic E-state index is -1.20. The molecule has 2 aromatic carbocycles. The molecule has 1 fully saturated rings. The molecule has 4 rings (SSSR count). The zero-order chi connectivity index (χ0) is 24.1. The molecule has 2 aromatic rings. The Morgan fingerprint density at radius 2 is 1.65 bits per heavy atom. The molecule has 8 nitrogen and oxygen atoms in total. The number of alkyl carbamates (subject to hydrolysis) is 1. The summed E-state index contributed by atoms with van der Waals surface area (Å²) in [6.07, 6.45) is 0.0571. The average Bonchev–Trinajstić information content (AvgIpc) is 3.17. The lowest BCUT2D eigenvalue weighted by Gasteiger charge is -2.35. The number of benzene rings is 2. The van der Waals surface area contributed by atoms with Crippen molar-refractivity contribution in [2.75, 3.05) is 26.4 Å². The van der Waals surface area contributed by atoms with Crippen LogP contribution in [0.3, 0.4) is 0 Å². The van der Waals surface area contributed by atoms with Crippen LogP contribution in [0.2, 0.25) is 0 Å². The van der Waals surface area contributed by atoms with Gasteiger partial charge in [-0.3, -0.25) is 9.59 Å². The molecule has 1 aliphatic carbocycles. The molecule has 1 atom stereocenters. The van der Waals surface area contributed by atoms with Crippen LogP contribution in [0.5, 0.6) is 0 Å². The van der Waals surface area contributed by atoms with Gasteiger partial charge in [0.25, 0.3) is 0 Å². The number of nitrogens with one attached hydrogen (secondary N) is 1. The summed E-state index contributed by atoms with van der Waals surface area (Å²) < 4.78 is 10.9. The number of likely N-dealkylation sites (N-methyl/N-ethyl adjacent to an activating group) is 1. The molecule has 1 aliphatic heterocycles. The van der Waals surface area contributed by atoms with Gasteiger partial charge in [0.1, 0.15) is 12.6 Å². The van der Waals surface area contributed by atoms with Crippen LogP contribution in [0.4, 0.5) is 4.79 Å². The first-order valence-corrected chi connectivity index (χ1v) is 11.7. The summed E-state index contributed by atoms with van der Waals surface area (Å²) in [6.45, 7) is 3.46. The Bertz CT molecular complexity index is 1000. The molecule has 1 unspecified atom stereocenters. The lowest BCUT2D eigenvalue weighted by Crippen LogP contribution is -2.53. The molecule has 0 spiro atoms.